The van der Waals surface area contributed by atoms with Crippen molar-refractivity contribution >= 4 is 5.97 Å². The van der Waals surface area contributed by atoms with Gasteiger partial charge in [-0.1, -0.05) is 37.3 Å². The molecule has 0 amide bonds. The Bertz CT molecular complexity index is 985. The first-order chi connectivity index (χ1) is 16.6. The highest BCUT2D eigenvalue weighted by atomic mass is 16.6. The number of furan rings is 1. The number of ether oxygens (including phenoxy) is 2. The highest BCUT2D eigenvalue weighted by Crippen LogP contribution is 2.62. The highest BCUT2D eigenvalue weighted by molar-refractivity contribution is 5.75. The van der Waals surface area contributed by atoms with E-state index in [4.69, 9.17) is 13.9 Å². The van der Waals surface area contributed by atoms with Gasteiger partial charge in [-0.2, -0.15) is 0 Å². The summed E-state index contributed by atoms with van der Waals surface area (Å²) in [7, 11) is 0. The minimum absolute atomic E-state index is 0.00221. The van der Waals surface area contributed by atoms with Crippen LogP contribution in [0.5, 0.6) is 0 Å². The molecule has 4 fully saturated rings. The van der Waals surface area contributed by atoms with Crippen molar-refractivity contribution in [2.75, 3.05) is 19.7 Å². The maximum Gasteiger partial charge on any atom is 0.310 e. The average Bonchev–Trinajstić information content (AvgIpc) is 3.25. The van der Waals surface area contributed by atoms with E-state index in [1.54, 1.807) is 6.26 Å². The van der Waals surface area contributed by atoms with Crippen LogP contribution in [0.4, 0.5) is 0 Å². The molecule has 2 aromatic rings. The predicted molar refractivity (Wildman–Crippen MR) is 129 cm³/mol. The van der Waals surface area contributed by atoms with Gasteiger partial charge in [0.25, 0.3) is 0 Å². The third-order valence-corrected chi connectivity index (χ3v) is 9.38. The minimum atomic E-state index is -0.0385. The summed E-state index contributed by atoms with van der Waals surface area (Å²) < 4.78 is 17.8. The van der Waals surface area contributed by atoms with E-state index in [-0.39, 0.29) is 29.0 Å². The first-order valence-electron chi connectivity index (χ1n) is 13.2. The normalized spacial score (nSPS) is 37.1. The van der Waals surface area contributed by atoms with Gasteiger partial charge in [-0.3, -0.25) is 4.79 Å². The highest BCUT2D eigenvalue weighted by Gasteiger charge is 2.64. The van der Waals surface area contributed by atoms with Crippen LogP contribution in [-0.2, 0) is 20.7 Å². The van der Waals surface area contributed by atoms with Crippen molar-refractivity contribution in [3.63, 3.8) is 0 Å². The lowest BCUT2D eigenvalue weighted by Crippen LogP contribution is -2.51. The molecule has 5 heteroatoms. The maximum atomic E-state index is 12.9. The van der Waals surface area contributed by atoms with E-state index in [1.807, 2.05) is 6.07 Å². The minimum Gasteiger partial charge on any atom is -0.469 e. The summed E-state index contributed by atoms with van der Waals surface area (Å²) in [6.07, 6.45) is 9.51. The maximum absolute atomic E-state index is 12.9. The van der Waals surface area contributed by atoms with Gasteiger partial charge in [-0.05, 0) is 80.5 Å². The summed E-state index contributed by atoms with van der Waals surface area (Å²) in [5.74, 6) is 2.21. The SMILES string of the molecule is C[C@]12CCC[C@]3(CO3)[C@@H]1C[C@@H]1[C@H](CNCC[C@H](Cc3ccccc3)c3ccco3)C(=O)O[C@@H]1C2. The van der Waals surface area contributed by atoms with Gasteiger partial charge in [0.05, 0.1) is 24.4 Å². The van der Waals surface area contributed by atoms with Gasteiger partial charge < -0.3 is 19.2 Å². The van der Waals surface area contributed by atoms with Gasteiger partial charge in [0.2, 0.25) is 0 Å². The molecule has 0 bridgehead atoms. The topological polar surface area (TPSA) is 64.0 Å². The number of carbonyl (C=O) groups is 1. The zero-order chi connectivity index (χ0) is 23.2. The van der Waals surface area contributed by atoms with Crippen LogP contribution in [0.1, 0.15) is 62.7 Å². The van der Waals surface area contributed by atoms with E-state index in [9.17, 15) is 4.79 Å². The summed E-state index contributed by atoms with van der Waals surface area (Å²) in [5, 5.41) is 3.61. The van der Waals surface area contributed by atoms with E-state index in [0.717, 1.165) is 44.6 Å². The predicted octanol–water partition coefficient (Wildman–Crippen LogP) is 5.11. The lowest BCUT2D eigenvalue weighted by molar-refractivity contribution is -0.147. The molecule has 2 saturated carbocycles. The molecule has 4 aliphatic rings. The molecular formula is C29H37NO4. The van der Waals surface area contributed by atoms with Crippen LogP contribution < -0.4 is 5.32 Å². The fourth-order valence-corrected chi connectivity index (χ4v) is 7.49. The number of benzene rings is 1. The number of fused-ring (bicyclic) bond motifs is 3. The van der Waals surface area contributed by atoms with Crippen molar-refractivity contribution in [3.8, 4) is 0 Å². The quantitative estimate of drug-likeness (QED) is 0.335. The van der Waals surface area contributed by atoms with Crippen molar-refractivity contribution in [1.82, 2.24) is 5.32 Å². The van der Waals surface area contributed by atoms with Crippen LogP contribution >= 0.6 is 0 Å². The first-order valence-corrected chi connectivity index (χ1v) is 13.2. The third-order valence-electron chi connectivity index (χ3n) is 9.38. The zero-order valence-corrected chi connectivity index (χ0v) is 20.2. The summed E-state index contributed by atoms with van der Waals surface area (Å²) in [4.78, 5) is 12.9. The molecule has 182 valence electrons. The largest absolute Gasteiger partial charge is 0.469 e. The first kappa shape index (κ1) is 22.4. The fourth-order valence-electron chi connectivity index (χ4n) is 7.49. The van der Waals surface area contributed by atoms with E-state index < -0.39 is 0 Å². The Morgan fingerprint density at radius 3 is 2.76 bits per heavy atom. The number of nitrogens with one attached hydrogen (secondary N) is 1. The van der Waals surface area contributed by atoms with Crippen molar-refractivity contribution in [2.24, 2.45) is 23.2 Å². The Balaban J connectivity index is 1.07. The molecule has 3 heterocycles. The lowest BCUT2D eigenvalue weighted by atomic mass is 9.53. The Kier molecular flexibility index (Phi) is 5.81. The summed E-state index contributed by atoms with van der Waals surface area (Å²) in [6, 6.07) is 14.6. The second-order valence-electron chi connectivity index (χ2n) is 11.5. The van der Waals surface area contributed by atoms with Gasteiger partial charge in [-0.25, -0.2) is 0 Å². The Morgan fingerprint density at radius 2 is 2.00 bits per heavy atom. The second kappa shape index (κ2) is 8.83. The summed E-state index contributed by atoms with van der Waals surface area (Å²) >= 11 is 0. The van der Waals surface area contributed by atoms with Gasteiger partial charge in [-0.15, -0.1) is 0 Å². The Labute approximate surface area is 202 Å². The average molecular weight is 464 g/mol. The van der Waals surface area contributed by atoms with Crippen LogP contribution in [0, 0.1) is 23.2 Å². The molecule has 5 nitrogen and oxygen atoms in total. The molecule has 2 aliphatic carbocycles. The van der Waals surface area contributed by atoms with Crippen LogP contribution in [0.15, 0.2) is 53.1 Å². The molecule has 34 heavy (non-hydrogen) atoms. The van der Waals surface area contributed by atoms with Crippen LogP contribution in [-0.4, -0.2) is 37.4 Å². The van der Waals surface area contributed by atoms with Gasteiger partial charge in [0.15, 0.2) is 0 Å². The van der Waals surface area contributed by atoms with Crippen LogP contribution in [0.3, 0.4) is 0 Å². The molecule has 2 aliphatic heterocycles. The van der Waals surface area contributed by atoms with Gasteiger partial charge in [0, 0.05) is 18.4 Å². The second-order valence-corrected chi connectivity index (χ2v) is 11.5. The number of esters is 1. The van der Waals surface area contributed by atoms with E-state index in [2.05, 4.69) is 48.6 Å². The fraction of sp³-hybridized carbons (Fsp3) is 0.621. The number of carbonyl (C=O) groups excluding carboxylic acids is 1. The van der Waals surface area contributed by atoms with Crippen molar-refractivity contribution < 1.29 is 18.7 Å². The number of hydrogen-bond acceptors (Lipinski definition) is 5. The van der Waals surface area contributed by atoms with Crippen molar-refractivity contribution in [3.05, 3.63) is 60.1 Å². The third kappa shape index (κ3) is 4.11. The van der Waals surface area contributed by atoms with E-state index >= 15 is 0 Å². The van der Waals surface area contributed by atoms with Crippen molar-refractivity contribution in [1.29, 1.82) is 0 Å². The van der Waals surface area contributed by atoms with Crippen molar-refractivity contribution in [2.45, 2.75) is 69.5 Å². The number of hydrogen-bond donors (Lipinski definition) is 1. The molecule has 0 unspecified atom stereocenters. The standard InChI is InChI=1S/C29H37NO4/c1-28-11-6-12-29(19-33-29)26(28)16-22-23(27(31)34-25(22)17-28)18-30-13-10-21(24-9-5-14-32-24)15-20-7-3-2-4-8-20/h2-5,7-9,14,21-23,25-26,30H,6,10-13,15-19H2,1H3/t21-,22-,23+,25-,26-,28-,29+/m1/s1. The molecule has 2 saturated heterocycles. The smallest absolute Gasteiger partial charge is 0.310 e. The molecule has 1 N–H and O–H groups in total. The number of epoxide rings is 1. The molecule has 1 aromatic heterocycles. The Morgan fingerprint density at radius 1 is 1.15 bits per heavy atom. The summed E-state index contributed by atoms with van der Waals surface area (Å²) in [5.41, 5.74) is 1.68. The van der Waals surface area contributed by atoms with E-state index in [0.29, 0.717) is 24.3 Å². The molecular weight excluding hydrogens is 426 g/mol. The monoisotopic (exact) mass is 463 g/mol. The van der Waals surface area contributed by atoms with Crippen LogP contribution in [0.25, 0.3) is 0 Å². The van der Waals surface area contributed by atoms with E-state index in [1.165, 1.54) is 24.8 Å². The molecule has 7 atom stereocenters. The summed E-state index contributed by atoms with van der Waals surface area (Å²) in [6.45, 7) is 4.89. The van der Waals surface area contributed by atoms with Crippen LogP contribution in [0.2, 0.25) is 0 Å². The van der Waals surface area contributed by atoms with Gasteiger partial charge in [0.1, 0.15) is 11.9 Å². The number of rotatable bonds is 8. The van der Waals surface area contributed by atoms with Gasteiger partial charge >= 0.3 is 5.97 Å². The molecule has 0 radical (unpaired) electrons. The zero-order valence-electron chi connectivity index (χ0n) is 20.2. The molecule has 6 rings (SSSR count). The molecule has 1 spiro atoms. The Hall–Kier alpha value is -2.11. The lowest BCUT2D eigenvalue weighted by Gasteiger charge is -2.51. The molecule has 1 aromatic carbocycles.